The third-order valence-corrected chi connectivity index (χ3v) is 4.50. The highest BCUT2D eigenvalue weighted by Gasteiger charge is 2.06. The largest absolute Gasteiger partial charge is 0.198 e. The van der Waals surface area contributed by atoms with E-state index in [0.29, 0.717) is 19.3 Å². The van der Waals surface area contributed by atoms with Crippen molar-refractivity contribution in [3.05, 3.63) is 0 Å². The Labute approximate surface area is 86.7 Å². The molecule has 0 heterocycles. The smallest absolute Gasteiger partial charge is 0.0625 e. The first-order valence-corrected chi connectivity index (χ1v) is 6.58. The predicted octanol–water partition coefficient (Wildman–Crippen LogP) is 2.60. The molecule has 0 fully saturated rings. The Hall–Kier alpha value is -1.10. The molecule has 0 aliphatic heterocycles. The van der Waals surface area contributed by atoms with E-state index in [0.717, 1.165) is 24.9 Å². The molecule has 0 radical (unpaired) electrons. The second-order valence-corrected chi connectivity index (χ2v) is 5.60. The Morgan fingerprint density at radius 2 is 1.21 bits per heavy atom. The topological polar surface area (TPSA) is 71.4 Å². The molecule has 0 aliphatic carbocycles. The average molecular weight is 207 g/mol. The highest BCUT2D eigenvalue weighted by molar-refractivity contribution is 7.57. The summed E-state index contributed by atoms with van der Waals surface area (Å²) in [6, 6.07) is 6.38. The van der Waals surface area contributed by atoms with Crippen molar-refractivity contribution < 1.29 is 0 Å². The van der Waals surface area contributed by atoms with Crippen LogP contribution in [0.1, 0.15) is 25.7 Å². The molecule has 0 N–H and O–H groups in total. The van der Waals surface area contributed by atoms with Gasteiger partial charge in [0.1, 0.15) is 0 Å². The zero-order valence-corrected chi connectivity index (χ0v) is 9.13. The van der Waals surface area contributed by atoms with Crippen LogP contribution in [-0.2, 0) is 0 Å². The lowest BCUT2D eigenvalue weighted by molar-refractivity contribution is 0.966. The molecule has 0 bridgehead atoms. The van der Waals surface area contributed by atoms with Gasteiger partial charge in [0.25, 0.3) is 0 Å². The van der Waals surface area contributed by atoms with Gasteiger partial charge in [-0.1, -0.05) is 0 Å². The second-order valence-electron chi connectivity index (χ2n) is 2.92. The first kappa shape index (κ1) is 12.9. The van der Waals surface area contributed by atoms with E-state index in [2.05, 4.69) is 18.2 Å². The van der Waals surface area contributed by atoms with Gasteiger partial charge in [-0.2, -0.15) is 15.8 Å². The Morgan fingerprint density at radius 3 is 1.64 bits per heavy atom. The van der Waals surface area contributed by atoms with Crippen molar-refractivity contribution in [2.75, 3.05) is 18.5 Å². The number of hydrogen-bond donors (Lipinski definition) is 0. The van der Waals surface area contributed by atoms with E-state index in [1.807, 2.05) is 0 Å². The quantitative estimate of drug-likeness (QED) is 0.475. The Morgan fingerprint density at radius 1 is 0.714 bits per heavy atom. The van der Waals surface area contributed by atoms with Crippen LogP contribution < -0.4 is 0 Å². The van der Waals surface area contributed by atoms with E-state index in [9.17, 15) is 0 Å². The summed E-state index contributed by atoms with van der Waals surface area (Å²) in [6.45, 7) is 0. The van der Waals surface area contributed by atoms with Crippen molar-refractivity contribution in [3.8, 4) is 18.2 Å². The monoisotopic (exact) mass is 207 g/mol. The number of rotatable bonds is 7. The van der Waals surface area contributed by atoms with Gasteiger partial charge in [-0.25, -0.2) is 0 Å². The maximum absolute atomic E-state index is 8.46. The number of nitriles is 3. The van der Waals surface area contributed by atoms with Gasteiger partial charge in [-0.05, 0) is 24.9 Å². The van der Waals surface area contributed by atoms with E-state index >= 15 is 0 Å². The molecule has 0 aromatic heterocycles. The standard InChI is InChI=1S/C10H14N3P/c11-5-1-2-8-14(9-3-6-12)10-4-7-13/h1-4,8-10H2. The van der Waals surface area contributed by atoms with Crippen molar-refractivity contribution in [3.63, 3.8) is 0 Å². The first-order chi connectivity index (χ1) is 6.85. The molecule has 4 heteroatoms. The van der Waals surface area contributed by atoms with Gasteiger partial charge in [0, 0.05) is 19.3 Å². The molecule has 3 nitrogen and oxygen atoms in total. The number of unbranched alkanes of at least 4 members (excludes halogenated alkanes) is 1. The highest BCUT2D eigenvalue weighted by atomic mass is 31.1. The summed E-state index contributed by atoms with van der Waals surface area (Å²) in [5.41, 5.74) is 0. The van der Waals surface area contributed by atoms with E-state index in [-0.39, 0.29) is 7.92 Å². The fourth-order valence-corrected chi connectivity index (χ4v) is 3.24. The summed E-state index contributed by atoms with van der Waals surface area (Å²) in [6.07, 6.45) is 5.58. The lowest BCUT2D eigenvalue weighted by Gasteiger charge is -2.13. The van der Waals surface area contributed by atoms with Crippen LogP contribution in [0.2, 0.25) is 0 Å². The van der Waals surface area contributed by atoms with Crippen LogP contribution in [0.25, 0.3) is 0 Å². The first-order valence-electron chi connectivity index (χ1n) is 4.68. The van der Waals surface area contributed by atoms with Crippen LogP contribution >= 0.6 is 7.92 Å². The third kappa shape index (κ3) is 7.54. The summed E-state index contributed by atoms with van der Waals surface area (Å²) < 4.78 is 0. The molecule has 74 valence electrons. The van der Waals surface area contributed by atoms with E-state index in [1.165, 1.54) is 0 Å². The Kier molecular flexibility index (Phi) is 9.20. The van der Waals surface area contributed by atoms with Crippen LogP contribution in [0.15, 0.2) is 0 Å². The van der Waals surface area contributed by atoms with E-state index < -0.39 is 0 Å². The molecule has 0 saturated heterocycles. The van der Waals surface area contributed by atoms with Crippen LogP contribution in [-0.4, -0.2) is 18.5 Å². The molecule has 0 amide bonds. The Bertz CT molecular complexity index is 238. The van der Waals surface area contributed by atoms with Gasteiger partial charge in [0.2, 0.25) is 0 Å². The van der Waals surface area contributed by atoms with Gasteiger partial charge in [0.05, 0.1) is 18.2 Å². The fraction of sp³-hybridized carbons (Fsp3) is 0.700. The summed E-state index contributed by atoms with van der Waals surface area (Å²) in [5, 5.41) is 25.3. The molecule has 0 saturated carbocycles. The molecule has 0 aromatic rings. The maximum Gasteiger partial charge on any atom is 0.0625 e. The van der Waals surface area contributed by atoms with Gasteiger partial charge in [-0.3, -0.25) is 0 Å². The minimum atomic E-state index is -0.180. The number of nitrogens with zero attached hydrogens (tertiary/aromatic N) is 3. The van der Waals surface area contributed by atoms with E-state index in [1.54, 1.807) is 0 Å². The average Bonchev–Trinajstić information content (AvgIpc) is 2.21. The van der Waals surface area contributed by atoms with Crippen molar-refractivity contribution in [2.24, 2.45) is 0 Å². The lowest BCUT2D eigenvalue weighted by Crippen LogP contribution is -1.94. The molecule has 0 spiro atoms. The summed E-state index contributed by atoms with van der Waals surface area (Å²) >= 11 is 0. The van der Waals surface area contributed by atoms with Crippen LogP contribution in [0.3, 0.4) is 0 Å². The molecular weight excluding hydrogens is 193 g/mol. The summed E-state index contributed by atoms with van der Waals surface area (Å²) in [4.78, 5) is 0. The van der Waals surface area contributed by atoms with Gasteiger partial charge >= 0.3 is 0 Å². The van der Waals surface area contributed by atoms with Crippen molar-refractivity contribution in [1.29, 1.82) is 15.8 Å². The van der Waals surface area contributed by atoms with Gasteiger partial charge in [-0.15, -0.1) is 7.92 Å². The zero-order valence-electron chi connectivity index (χ0n) is 8.24. The molecule has 14 heavy (non-hydrogen) atoms. The molecule has 0 unspecified atom stereocenters. The minimum Gasteiger partial charge on any atom is -0.198 e. The molecule has 0 aliphatic rings. The third-order valence-electron chi connectivity index (χ3n) is 1.84. The predicted molar refractivity (Wildman–Crippen MR) is 56.8 cm³/mol. The SMILES string of the molecule is N#CCCCP(CCC#N)CCC#N. The lowest BCUT2D eigenvalue weighted by atomic mass is 10.4. The summed E-state index contributed by atoms with van der Waals surface area (Å²) in [7, 11) is -0.180. The second kappa shape index (κ2) is 9.98. The highest BCUT2D eigenvalue weighted by Crippen LogP contribution is 2.37. The maximum atomic E-state index is 8.46. The molecule has 0 atom stereocenters. The van der Waals surface area contributed by atoms with Crippen LogP contribution in [0, 0.1) is 34.0 Å². The number of hydrogen-bond acceptors (Lipinski definition) is 3. The minimum absolute atomic E-state index is 0.180. The summed E-state index contributed by atoms with van der Waals surface area (Å²) in [5.74, 6) is 0. The zero-order chi connectivity index (χ0) is 10.6. The fourth-order valence-electron chi connectivity index (χ4n) is 1.13. The van der Waals surface area contributed by atoms with Crippen molar-refractivity contribution >= 4 is 7.92 Å². The molecule has 0 rings (SSSR count). The van der Waals surface area contributed by atoms with E-state index in [4.69, 9.17) is 15.8 Å². The Balaban J connectivity index is 3.69. The van der Waals surface area contributed by atoms with Crippen molar-refractivity contribution in [2.45, 2.75) is 25.7 Å². The van der Waals surface area contributed by atoms with Gasteiger partial charge in [0.15, 0.2) is 0 Å². The van der Waals surface area contributed by atoms with Crippen LogP contribution in [0.4, 0.5) is 0 Å². The molecular formula is C10H14N3P. The van der Waals surface area contributed by atoms with Crippen LogP contribution in [0.5, 0.6) is 0 Å². The normalized spacial score (nSPS) is 9.00. The molecule has 0 aromatic carbocycles. The van der Waals surface area contributed by atoms with Gasteiger partial charge < -0.3 is 0 Å². The van der Waals surface area contributed by atoms with Crippen molar-refractivity contribution in [1.82, 2.24) is 0 Å².